The van der Waals surface area contributed by atoms with Gasteiger partial charge in [-0.15, -0.1) is 0 Å². The summed E-state index contributed by atoms with van der Waals surface area (Å²) in [4.78, 5) is 28.1. The van der Waals surface area contributed by atoms with Crippen molar-refractivity contribution in [1.29, 1.82) is 0 Å². The second-order valence-electron chi connectivity index (χ2n) is 9.60. The van der Waals surface area contributed by atoms with Crippen LogP contribution in [0.25, 0.3) is 0 Å². The molecule has 1 N–H and O–H groups in total. The molecule has 1 unspecified atom stereocenters. The number of carbonyl (C=O) groups is 2. The maximum atomic E-state index is 14.6. The number of sulfonamides is 1. The Morgan fingerprint density at radius 2 is 1.56 bits per heavy atom. The Balaban J connectivity index is 2.03. The van der Waals surface area contributed by atoms with Gasteiger partial charge in [0.05, 0.1) is 10.6 Å². The zero-order valence-corrected chi connectivity index (χ0v) is 23.7. The van der Waals surface area contributed by atoms with Crippen molar-refractivity contribution in [3.8, 4) is 0 Å². The first-order chi connectivity index (χ1) is 18.5. The van der Waals surface area contributed by atoms with Gasteiger partial charge in [-0.05, 0) is 68.7 Å². The van der Waals surface area contributed by atoms with Crippen molar-refractivity contribution in [3.05, 3.63) is 95.3 Å². The summed E-state index contributed by atoms with van der Waals surface area (Å²) in [7, 11) is -4.15. The van der Waals surface area contributed by atoms with Gasteiger partial charge in [-0.1, -0.05) is 55.8 Å². The van der Waals surface area contributed by atoms with Crippen LogP contribution in [0.4, 0.5) is 10.1 Å². The first kappa shape index (κ1) is 29.8. The molecule has 0 aromatic heterocycles. The molecule has 0 saturated heterocycles. The first-order valence-electron chi connectivity index (χ1n) is 13.0. The van der Waals surface area contributed by atoms with E-state index in [0.29, 0.717) is 12.2 Å². The van der Waals surface area contributed by atoms with Gasteiger partial charge in [0, 0.05) is 18.7 Å². The van der Waals surface area contributed by atoms with E-state index in [1.54, 1.807) is 55.5 Å². The number of halogens is 1. The zero-order valence-electron chi connectivity index (χ0n) is 22.9. The molecule has 9 heteroatoms. The van der Waals surface area contributed by atoms with E-state index in [2.05, 4.69) is 5.32 Å². The molecule has 0 aliphatic rings. The maximum absolute atomic E-state index is 14.6. The quantitative estimate of drug-likeness (QED) is 0.321. The molecule has 7 nitrogen and oxygen atoms in total. The fourth-order valence-electron chi connectivity index (χ4n) is 4.27. The van der Waals surface area contributed by atoms with Crippen LogP contribution in [0.1, 0.15) is 43.4 Å². The van der Waals surface area contributed by atoms with Crippen LogP contribution in [0.2, 0.25) is 0 Å². The van der Waals surface area contributed by atoms with Crippen molar-refractivity contribution in [1.82, 2.24) is 10.2 Å². The van der Waals surface area contributed by atoms with Crippen molar-refractivity contribution in [3.63, 3.8) is 0 Å². The summed E-state index contributed by atoms with van der Waals surface area (Å²) >= 11 is 0. The highest BCUT2D eigenvalue weighted by atomic mass is 32.2. The summed E-state index contributed by atoms with van der Waals surface area (Å²) in [6, 6.07) is 18.2. The van der Waals surface area contributed by atoms with Gasteiger partial charge < -0.3 is 10.2 Å². The Kier molecular flexibility index (Phi) is 10.2. The van der Waals surface area contributed by atoms with Gasteiger partial charge in [0.1, 0.15) is 18.4 Å². The van der Waals surface area contributed by atoms with Gasteiger partial charge in [-0.25, -0.2) is 12.8 Å². The first-order valence-corrected chi connectivity index (χ1v) is 14.4. The van der Waals surface area contributed by atoms with Gasteiger partial charge in [-0.2, -0.15) is 0 Å². The lowest BCUT2D eigenvalue weighted by Crippen LogP contribution is -2.51. The summed E-state index contributed by atoms with van der Waals surface area (Å²) in [5.74, 6) is -1.54. The second kappa shape index (κ2) is 13.4. The number of hydrogen-bond donors (Lipinski definition) is 1. The number of amides is 2. The third kappa shape index (κ3) is 7.66. The lowest BCUT2D eigenvalue weighted by molar-refractivity contribution is -0.139. The number of anilines is 1. The molecule has 2 amide bonds. The Labute approximate surface area is 230 Å². The predicted octanol–water partition coefficient (Wildman–Crippen LogP) is 4.97. The molecule has 0 saturated carbocycles. The van der Waals surface area contributed by atoms with Crippen LogP contribution in [0.15, 0.2) is 77.7 Å². The molecular weight excluding hydrogens is 517 g/mol. The molecule has 0 aliphatic heterocycles. The third-order valence-electron chi connectivity index (χ3n) is 6.40. The van der Waals surface area contributed by atoms with Crippen LogP contribution in [-0.2, 0) is 26.2 Å². The highest BCUT2D eigenvalue weighted by Gasteiger charge is 2.33. The van der Waals surface area contributed by atoms with Crippen LogP contribution in [-0.4, -0.2) is 44.3 Å². The molecule has 0 radical (unpaired) electrons. The van der Waals surface area contributed by atoms with Gasteiger partial charge in [0.15, 0.2) is 0 Å². The Morgan fingerprint density at radius 1 is 0.949 bits per heavy atom. The monoisotopic (exact) mass is 553 g/mol. The highest BCUT2D eigenvalue weighted by molar-refractivity contribution is 7.92. The minimum atomic E-state index is -4.15. The Morgan fingerprint density at radius 3 is 2.18 bits per heavy atom. The molecule has 0 bridgehead atoms. The van der Waals surface area contributed by atoms with E-state index >= 15 is 0 Å². The molecule has 0 aliphatic carbocycles. The van der Waals surface area contributed by atoms with Crippen molar-refractivity contribution >= 4 is 27.5 Å². The number of aryl methyl sites for hydroxylation is 2. The van der Waals surface area contributed by atoms with Crippen molar-refractivity contribution in [2.24, 2.45) is 0 Å². The van der Waals surface area contributed by atoms with Gasteiger partial charge >= 0.3 is 0 Å². The average molecular weight is 554 g/mol. The van der Waals surface area contributed by atoms with Crippen molar-refractivity contribution in [2.75, 3.05) is 17.4 Å². The van der Waals surface area contributed by atoms with E-state index < -0.39 is 40.2 Å². The number of unbranched alkanes of at least 4 members (excludes halogenated alkanes) is 1. The van der Waals surface area contributed by atoms with Gasteiger partial charge in [0.25, 0.3) is 10.0 Å². The maximum Gasteiger partial charge on any atom is 0.264 e. The van der Waals surface area contributed by atoms with Crippen LogP contribution in [0, 0.1) is 19.7 Å². The lowest BCUT2D eigenvalue weighted by atomic mass is 10.1. The van der Waals surface area contributed by atoms with Crippen LogP contribution in [0.3, 0.4) is 0 Å². The summed E-state index contributed by atoms with van der Waals surface area (Å²) in [6.45, 7) is 6.93. The SMILES string of the molecule is CCCCNC(=O)C(C)N(Cc1ccccc1F)C(=O)CN(c1cc(C)cc(C)c1)S(=O)(=O)c1ccccc1. The van der Waals surface area contributed by atoms with Gasteiger partial charge in [0.2, 0.25) is 11.8 Å². The van der Waals surface area contributed by atoms with E-state index in [0.717, 1.165) is 28.3 Å². The molecule has 3 aromatic rings. The van der Waals surface area contributed by atoms with Gasteiger partial charge in [-0.3, -0.25) is 13.9 Å². The number of hydrogen-bond acceptors (Lipinski definition) is 4. The molecule has 0 heterocycles. The number of benzene rings is 3. The molecular formula is C30H36FN3O4S. The summed E-state index contributed by atoms with van der Waals surface area (Å²) in [6.07, 6.45) is 1.66. The number of nitrogens with one attached hydrogen (secondary N) is 1. The van der Waals surface area contributed by atoms with E-state index in [4.69, 9.17) is 0 Å². The molecule has 3 rings (SSSR count). The Bertz CT molecular complexity index is 1380. The zero-order chi connectivity index (χ0) is 28.6. The number of carbonyl (C=O) groups excluding carboxylic acids is 2. The standard InChI is InChI=1S/C30H36FN3O4S/c1-5-6-16-32-30(36)24(4)33(20-25-12-10-11-15-28(25)31)29(35)21-34(26-18-22(2)17-23(3)19-26)39(37,38)27-13-8-7-9-14-27/h7-15,17-19,24H,5-6,16,20-21H2,1-4H3,(H,32,36). The normalized spacial score (nSPS) is 12.0. The van der Waals surface area contributed by atoms with Crippen LogP contribution < -0.4 is 9.62 Å². The summed E-state index contributed by atoms with van der Waals surface area (Å²) in [5.41, 5.74) is 2.22. The van der Waals surface area contributed by atoms with Crippen LogP contribution >= 0.6 is 0 Å². The topological polar surface area (TPSA) is 86.8 Å². The molecule has 3 aromatic carbocycles. The Hall–Kier alpha value is -3.72. The molecule has 1 atom stereocenters. The highest BCUT2D eigenvalue weighted by Crippen LogP contribution is 2.26. The summed E-state index contributed by atoms with van der Waals surface area (Å²) in [5, 5.41) is 2.82. The molecule has 39 heavy (non-hydrogen) atoms. The minimum absolute atomic E-state index is 0.0305. The van der Waals surface area contributed by atoms with Crippen molar-refractivity contribution in [2.45, 2.75) is 58.0 Å². The third-order valence-corrected chi connectivity index (χ3v) is 8.19. The van der Waals surface area contributed by atoms with E-state index in [9.17, 15) is 22.4 Å². The average Bonchev–Trinajstić information content (AvgIpc) is 2.90. The second-order valence-corrected chi connectivity index (χ2v) is 11.5. The lowest BCUT2D eigenvalue weighted by Gasteiger charge is -2.32. The van der Waals surface area contributed by atoms with E-state index in [1.807, 2.05) is 26.8 Å². The summed E-state index contributed by atoms with van der Waals surface area (Å²) < 4.78 is 43.3. The van der Waals surface area contributed by atoms with E-state index in [-0.39, 0.29) is 17.0 Å². The molecule has 0 fully saturated rings. The minimum Gasteiger partial charge on any atom is -0.354 e. The number of rotatable bonds is 12. The fourth-order valence-corrected chi connectivity index (χ4v) is 5.69. The molecule has 208 valence electrons. The van der Waals surface area contributed by atoms with Crippen molar-refractivity contribution < 1.29 is 22.4 Å². The smallest absolute Gasteiger partial charge is 0.264 e. The molecule has 0 spiro atoms. The predicted molar refractivity (Wildman–Crippen MR) is 151 cm³/mol. The largest absolute Gasteiger partial charge is 0.354 e. The van der Waals surface area contributed by atoms with Crippen LogP contribution in [0.5, 0.6) is 0 Å². The van der Waals surface area contributed by atoms with E-state index in [1.165, 1.54) is 23.1 Å². The fraction of sp³-hybridized carbons (Fsp3) is 0.333. The number of nitrogens with zero attached hydrogens (tertiary/aromatic N) is 2.